The molecule has 0 amide bonds. The van der Waals surface area contributed by atoms with Crippen molar-refractivity contribution < 1.29 is 8.42 Å². The van der Waals surface area contributed by atoms with E-state index in [1.807, 2.05) is 19.2 Å². The summed E-state index contributed by atoms with van der Waals surface area (Å²) in [6.45, 7) is 6.01. The molecule has 0 radical (unpaired) electrons. The van der Waals surface area contributed by atoms with Gasteiger partial charge in [-0.3, -0.25) is 4.99 Å². The topological polar surface area (TPSA) is 77.0 Å². The maximum atomic E-state index is 13.1. The number of nitrogens with one attached hydrogen (secondary N) is 2. The lowest BCUT2D eigenvalue weighted by Crippen LogP contribution is -2.47. The van der Waals surface area contributed by atoms with Gasteiger partial charge in [0.25, 0.3) is 0 Å². The minimum atomic E-state index is -3.49. The molecule has 1 aliphatic rings. The van der Waals surface area contributed by atoms with Gasteiger partial charge in [0.15, 0.2) is 5.96 Å². The number of hydrogen-bond acceptors (Lipinski definition) is 4. The van der Waals surface area contributed by atoms with Gasteiger partial charge in [0.1, 0.15) is 0 Å². The summed E-state index contributed by atoms with van der Waals surface area (Å²) in [5.41, 5.74) is 0.757. The van der Waals surface area contributed by atoms with Gasteiger partial charge in [0.2, 0.25) is 10.0 Å². The molecule has 0 spiro atoms. The number of nitrogens with zero attached hydrogens (tertiary/aromatic N) is 3. The fraction of sp³-hybridized carbons (Fsp3) is 0.632. The number of hydrogen-bond donors (Lipinski definition) is 2. The molecule has 1 aromatic carbocycles. The molecule has 27 heavy (non-hydrogen) atoms. The fourth-order valence-corrected chi connectivity index (χ4v) is 4.69. The smallest absolute Gasteiger partial charge is 0.243 e. The van der Waals surface area contributed by atoms with E-state index < -0.39 is 10.0 Å². The second-order valence-corrected chi connectivity index (χ2v) is 8.78. The largest absolute Gasteiger partial charge is 0.356 e. The molecule has 0 bridgehead atoms. The molecule has 8 heteroatoms. The molecule has 0 saturated carbocycles. The maximum absolute atomic E-state index is 13.1. The minimum absolute atomic E-state index is 0.378. The predicted molar refractivity (Wildman–Crippen MR) is 110 cm³/mol. The molecule has 0 aliphatic carbocycles. The van der Waals surface area contributed by atoms with Crippen LogP contribution in [0.25, 0.3) is 0 Å². The van der Waals surface area contributed by atoms with E-state index in [0.717, 1.165) is 31.6 Å². The lowest BCUT2D eigenvalue weighted by molar-refractivity contribution is 0.222. The van der Waals surface area contributed by atoms with Gasteiger partial charge in [0, 0.05) is 46.3 Å². The molecule has 1 heterocycles. The first-order valence-electron chi connectivity index (χ1n) is 9.70. The summed E-state index contributed by atoms with van der Waals surface area (Å²) in [5, 5.41) is 6.51. The van der Waals surface area contributed by atoms with Crippen molar-refractivity contribution in [2.24, 2.45) is 4.99 Å². The van der Waals surface area contributed by atoms with Crippen molar-refractivity contribution in [1.29, 1.82) is 0 Å². The van der Waals surface area contributed by atoms with Crippen LogP contribution in [-0.4, -0.2) is 70.4 Å². The van der Waals surface area contributed by atoms with Crippen LogP contribution in [-0.2, 0) is 16.6 Å². The van der Waals surface area contributed by atoms with Crippen LogP contribution < -0.4 is 10.6 Å². The van der Waals surface area contributed by atoms with Gasteiger partial charge in [-0.15, -0.1) is 0 Å². The molecule has 0 atom stereocenters. The van der Waals surface area contributed by atoms with Crippen LogP contribution >= 0.6 is 0 Å². The third kappa shape index (κ3) is 6.19. The minimum Gasteiger partial charge on any atom is -0.356 e. The third-order valence-electron chi connectivity index (χ3n) is 4.80. The monoisotopic (exact) mass is 395 g/mol. The molecule has 1 fully saturated rings. The Morgan fingerprint density at radius 2 is 1.81 bits per heavy atom. The first-order chi connectivity index (χ1) is 13.0. The number of piperazine rings is 1. The van der Waals surface area contributed by atoms with Crippen molar-refractivity contribution in [3.8, 4) is 0 Å². The van der Waals surface area contributed by atoms with E-state index in [1.165, 1.54) is 12.8 Å². The van der Waals surface area contributed by atoms with Crippen LogP contribution in [0.2, 0.25) is 0 Å². The fourth-order valence-electron chi connectivity index (χ4n) is 3.05. The Morgan fingerprint density at radius 3 is 2.48 bits per heavy atom. The zero-order valence-electron chi connectivity index (χ0n) is 16.7. The highest BCUT2D eigenvalue weighted by Gasteiger charge is 2.29. The van der Waals surface area contributed by atoms with Crippen LogP contribution in [0.15, 0.2) is 34.2 Å². The van der Waals surface area contributed by atoms with Crippen molar-refractivity contribution in [2.45, 2.75) is 37.6 Å². The van der Waals surface area contributed by atoms with E-state index in [9.17, 15) is 8.42 Å². The van der Waals surface area contributed by atoms with Gasteiger partial charge in [0.05, 0.1) is 4.90 Å². The standard InChI is InChI=1S/C19H33N5O2S/c1-4-5-8-11-21-19(20-2)22-16-17-9-6-7-10-18(17)27(25,26)24-14-12-23(3)13-15-24/h6-7,9-10H,4-5,8,11-16H2,1-3H3,(H2,20,21,22). The van der Waals surface area contributed by atoms with Crippen molar-refractivity contribution in [3.05, 3.63) is 29.8 Å². The Kier molecular flexibility index (Phi) is 8.53. The van der Waals surface area contributed by atoms with Gasteiger partial charge in [-0.1, -0.05) is 38.0 Å². The number of benzene rings is 1. The summed E-state index contributed by atoms with van der Waals surface area (Å²) >= 11 is 0. The van der Waals surface area contributed by atoms with E-state index in [2.05, 4.69) is 27.4 Å². The molecular formula is C19H33N5O2S. The second kappa shape index (κ2) is 10.6. The number of sulfonamides is 1. The van der Waals surface area contributed by atoms with Gasteiger partial charge in [-0.2, -0.15) is 4.31 Å². The van der Waals surface area contributed by atoms with Gasteiger partial charge >= 0.3 is 0 Å². The van der Waals surface area contributed by atoms with E-state index in [0.29, 0.717) is 30.5 Å². The molecule has 152 valence electrons. The lowest BCUT2D eigenvalue weighted by atomic mass is 10.2. The second-order valence-electron chi connectivity index (χ2n) is 6.87. The molecular weight excluding hydrogens is 362 g/mol. The number of guanidine groups is 1. The Labute approximate surface area is 163 Å². The van der Waals surface area contributed by atoms with Crippen LogP contribution in [0.5, 0.6) is 0 Å². The molecule has 1 aromatic rings. The Balaban J connectivity index is 2.04. The maximum Gasteiger partial charge on any atom is 0.243 e. The number of likely N-dealkylation sites (N-methyl/N-ethyl adjacent to an activating group) is 1. The highest BCUT2D eigenvalue weighted by molar-refractivity contribution is 7.89. The molecule has 2 N–H and O–H groups in total. The van der Waals surface area contributed by atoms with Crippen LogP contribution in [0.4, 0.5) is 0 Å². The summed E-state index contributed by atoms with van der Waals surface area (Å²) in [5.74, 6) is 0.693. The molecule has 1 saturated heterocycles. The van der Waals surface area contributed by atoms with Crippen molar-refractivity contribution in [2.75, 3.05) is 46.8 Å². The van der Waals surface area contributed by atoms with E-state index in [4.69, 9.17) is 0 Å². The molecule has 2 rings (SSSR count). The molecule has 0 aromatic heterocycles. The third-order valence-corrected chi connectivity index (χ3v) is 6.79. The average molecular weight is 396 g/mol. The number of rotatable bonds is 8. The average Bonchev–Trinajstić information content (AvgIpc) is 2.68. The van der Waals surface area contributed by atoms with E-state index >= 15 is 0 Å². The predicted octanol–water partition coefficient (Wildman–Crippen LogP) is 1.48. The zero-order chi connectivity index (χ0) is 19.7. The summed E-state index contributed by atoms with van der Waals surface area (Å²) in [6.07, 6.45) is 3.44. The Morgan fingerprint density at radius 1 is 1.11 bits per heavy atom. The lowest BCUT2D eigenvalue weighted by Gasteiger charge is -2.32. The van der Waals surface area contributed by atoms with Gasteiger partial charge in [-0.25, -0.2) is 8.42 Å². The van der Waals surface area contributed by atoms with E-state index in [-0.39, 0.29) is 0 Å². The summed E-state index contributed by atoms with van der Waals surface area (Å²) < 4.78 is 27.8. The number of aliphatic imine (C=N–C) groups is 1. The highest BCUT2D eigenvalue weighted by atomic mass is 32.2. The van der Waals surface area contributed by atoms with Crippen molar-refractivity contribution in [1.82, 2.24) is 19.8 Å². The summed E-state index contributed by atoms with van der Waals surface area (Å²) in [6, 6.07) is 7.21. The summed E-state index contributed by atoms with van der Waals surface area (Å²) in [4.78, 5) is 6.74. The molecule has 7 nitrogen and oxygen atoms in total. The van der Waals surface area contributed by atoms with Crippen molar-refractivity contribution in [3.63, 3.8) is 0 Å². The first-order valence-corrected chi connectivity index (χ1v) is 11.1. The molecule has 0 unspecified atom stereocenters. The molecule has 1 aliphatic heterocycles. The van der Waals surface area contributed by atoms with Crippen molar-refractivity contribution >= 4 is 16.0 Å². The zero-order valence-corrected chi connectivity index (χ0v) is 17.6. The normalized spacial score (nSPS) is 17.1. The van der Waals surface area contributed by atoms with Crippen LogP contribution in [0, 0.1) is 0 Å². The van der Waals surface area contributed by atoms with Gasteiger partial charge < -0.3 is 15.5 Å². The van der Waals surface area contributed by atoms with Gasteiger partial charge in [-0.05, 0) is 25.1 Å². The Bertz CT molecular complexity index is 713. The number of unbranched alkanes of at least 4 members (excludes halogenated alkanes) is 2. The first kappa shape index (κ1) is 21.7. The SMILES string of the molecule is CCCCCNC(=NC)NCc1ccccc1S(=O)(=O)N1CCN(C)CC1. The highest BCUT2D eigenvalue weighted by Crippen LogP contribution is 2.21. The Hall–Kier alpha value is -1.64. The van der Waals surface area contributed by atoms with Crippen LogP contribution in [0.3, 0.4) is 0 Å². The summed E-state index contributed by atoms with van der Waals surface area (Å²) in [7, 11) is 0.250. The van der Waals surface area contributed by atoms with Crippen LogP contribution in [0.1, 0.15) is 31.7 Å². The van der Waals surface area contributed by atoms with E-state index in [1.54, 1.807) is 23.5 Å². The quantitative estimate of drug-likeness (QED) is 0.396.